The number of aliphatic hydroxyl groups excluding tert-OH is 1. The number of nitrogens with zero attached hydrogens (tertiary/aromatic N) is 3. The molecule has 0 saturated carbocycles. The molecule has 0 aromatic carbocycles. The van der Waals surface area contributed by atoms with Crippen LogP contribution in [-0.2, 0) is 19.1 Å². The van der Waals surface area contributed by atoms with Crippen molar-refractivity contribution in [3.05, 3.63) is 16.1 Å². The van der Waals surface area contributed by atoms with Crippen molar-refractivity contribution in [2.45, 2.75) is 110 Å². The molecule has 41 heavy (non-hydrogen) atoms. The number of unbranched alkanes of at least 4 members (excludes halogenated alkanes) is 2. The van der Waals surface area contributed by atoms with Gasteiger partial charge in [0.1, 0.15) is 23.9 Å². The van der Waals surface area contributed by atoms with Gasteiger partial charge in [-0.25, -0.2) is 9.78 Å². The molecule has 2 heterocycles. The summed E-state index contributed by atoms with van der Waals surface area (Å²) in [5.41, 5.74) is 0.145. The van der Waals surface area contributed by atoms with Gasteiger partial charge in [-0.2, -0.15) is 0 Å². The normalized spacial score (nSPS) is 18.9. The third kappa shape index (κ3) is 10.3. The van der Waals surface area contributed by atoms with Gasteiger partial charge in [0.2, 0.25) is 11.8 Å². The zero-order valence-corrected chi connectivity index (χ0v) is 26.9. The number of nitrogens with one attached hydrogen (secondary N) is 1. The molecule has 5 atom stereocenters. The number of rotatable bonds is 17. The van der Waals surface area contributed by atoms with Gasteiger partial charge in [0.25, 0.3) is 0 Å². The average Bonchev–Trinajstić information content (AvgIpc) is 3.46. The predicted molar refractivity (Wildman–Crippen MR) is 161 cm³/mol. The average molecular weight is 597 g/mol. The second-order valence-electron chi connectivity index (χ2n) is 11.5. The zero-order chi connectivity index (χ0) is 30.5. The topological polar surface area (TPSA) is 121 Å². The summed E-state index contributed by atoms with van der Waals surface area (Å²) in [5.74, 6) is -1.00. The summed E-state index contributed by atoms with van der Waals surface area (Å²) in [6.07, 6.45) is 5.75. The van der Waals surface area contributed by atoms with Crippen LogP contribution in [0.3, 0.4) is 0 Å². The van der Waals surface area contributed by atoms with Gasteiger partial charge < -0.3 is 24.8 Å². The number of methoxy groups -OCH3 is 1. The van der Waals surface area contributed by atoms with Gasteiger partial charge in [0.15, 0.2) is 5.69 Å². The number of hydrogen-bond donors (Lipinski definition) is 2. The molecule has 11 heteroatoms. The number of thiazole rings is 1. The second kappa shape index (κ2) is 17.8. The number of likely N-dealkylation sites (N-methyl/N-ethyl adjacent to an activating group) is 1. The molecule has 1 unspecified atom stereocenters. The van der Waals surface area contributed by atoms with Crippen LogP contribution in [0.1, 0.15) is 108 Å². The summed E-state index contributed by atoms with van der Waals surface area (Å²) in [5, 5.41) is 16.2. The van der Waals surface area contributed by atoms with Crippen LogP contribution >= 0.6 is 11.3 Å². The number of esters is 1. The maximum absolute atomic E-state index is 14.3. The fourth-order valence-electron chi connectivity index (χ4n) is 5.19. The standard InChI is InChI=1S/C30H52N4O6S/c1-8-10-13-16-40-19-34(24(20(3)4)17-25(35)28-31-22(18-41-28)30(38)39-7)29(37)26(21(5)9-2)32-27(36)23-14-11-12-15-33(23)6/h18,20-21,23-26,35H,8-17,19H2,1-7H3,(H,32,36)/t21?,23-,24-,25-,26+/m1/s1. The summed E-state index contributed by atoms with van der Waals surface area (Å²) >= 11 is 1.18. The Kier molecular flexibility index (Phi) is 15.2. The molecular formula is C30H52N4O6S. The fourth-order valence-corrected chi connectivity index (χ4v) is 5.97. The van der Waals surface area contributed by atoms with Crippen LogP contribution in [0.4, 0.5) is 0 Å². The molecule has 10 nitrogen and oxygen atoms in total. The molecule has 0 bridgehead atoms. The van der Waals surface area contributed by atoms with Gasteiger partial charge in [-0.3, -0.25) is 14.5 Å². The first-order chi connectivity index (χ1) is 19.5. The largest absolute Gasteiger partial charge is 0.464 e. The predicted octanol–water partition coefficient (Wildman–Crippen LogP) is 4.39. The van der Waals surface area contributed by atoms with Gasteiger partial charge in [0.05, 0.1) is 13.2 Å². The van der Waals surface area contributed by atoms with Crippen molar-refractivity contribution >= 4 is 29.1 Å². The van der Waals surface area contributed by atoms with Gasteiger partial charge in [-0.15, -0.1) is 11.3 Å². The maximum atomic E-state index is 14.3. The molecule has 1 aliphatic rings. The smallest absolute Gasteiger partial charge is 0.357 e. The molecule has 1 fully saturated rings. The number of hydrogen-bond acceptors (Lipinski definition) is 9. The Hall–Kier alpha value is -2.08. The summed E-state index contributed by atoms with van der Waals surface area (Å²) in [6, 6.07) is -1.36. The van der Waals surface area contributed by atoms with E-state index in [1.807, 2.05) is 34.7 Å². The third-order valence-corrected chi connectivity index (χ3v) is 9.04. The number of carbonyl (C=O) groups is 3. The van der Waals surface area contributed by atoms with Crippen molar-refractivity contribution in [1.29, 1.82) is 0 Å². The van der Waals surface area contributed by atoms with Crippen molar-refractivity contribution in [3.63, 3.8) is 0 Å². The molecule has 0 spiro atoms. The Morgan fingerprint density at radius 2 is 1.95 bits per heavy atom. The second-order valence-corrected chi connectivity index (χ2v) is 12.4. The molecule has 2 rings (SSSR count). The summed E-state index contributed by atoms with van der Waals surface area (Å²) < 4.78 is 10.8. The highest BCUT2D eigenvalue weighted by Gasteiger charge is 2.38. The molecule has 2 amide bonds. The highest BCUT2D eigenvalue weighted by Crippen LogP contribution is 2.29. The third-order valence-electron chi connectivity index (χ3n) is 8.09. The fraction of sp³-hybridized carbons (Fsp3) is 0.800. The molecule has 1 aliphatic heterocycles. The SMILES string of the molecule is CCCCCOCN(C(=O)[C@@H](NC(=O)[C@H]1CCCCN1C)C(C)CC)[C@H](C[C@@H](O)c1nc(C(=O)OC)cs1)C(C)C. The molecule has 1 aromatic heterocycles. The van der Waals surface area contributed by atoms with E-state index in [0.29, 0.717) is 18.0 Å². The van der Waals surface area contributed by atoms with Crippen LogP contribution in [0.25, 0.3) is 0 Å². The number of piperidine rings is 1. The van der Waals surface area contributed by atoms with E-state index < -0.39 is 24.2 Å². The van der Waals surface area contributed by atoms with Crippen LogP contribution < -0.4 is 5.32 Å². The summed E-state index contributed by atoms with van der Waals surface area (Å²) in [7, 11) is 3.25. The van der Waals surface area contributed by atoms with E-state index in [2.05, 4.69) is 22.1 Å². The number of aromatic nitrogens is 1. The first kappa shape index (κ1) is 35.1. The number of amides is 2. The Labute approximate surface area is 250 Å². The van der Waals surface area contributed by atoms with E-state index in [9.17, 15) is 19.5 Å². The minimum Gasteiger partial charge on any atom is -0.464 e. The molecule has 1 saturated heterocycles. The van der Waals surface area contributed by atoms with Crippen LogP contribution in [0.15, 0.2) is 5.38 Å². The van der Waals surface area contributed by atoms with Crippen molar-refractivity contribution < 1.29 is 29.0 Å². The minimum atomic E-state index is -0.992. The van der Waals surface area contributed by atoms with Gasteiger partial charge in [-0.1, -0.05) is 60.3 Å². The number of ether oxygens (including phenoxy) is 2. The van der Waals surface area contributed by atoms with E-state index in [1.165, 1.54) is 18.4 Å². The molecule has 2 N–H and O–H groups in total. The monoisotopic (exact) mass is 596 g/mol. The van der Waals surface area contributed by atoms with Crippen LogP contribution in [0, 0.1) is 11.8 Å². The molecular weight excluding hydrogens is 544 g/mol. The highest BCUT2D eigenvalue weighted by atomic mass is 32.1. The zero-order valence-electron chi connectivity index (χ0n) is 26.1. The van der Waals surface area contributed by atoms with E-state index in [-0.39, 0.29) is 48.5 Å². The lowest BCUT2D eigenvalue weighted by molar-refractivity contribution is -0.149. The number of carbonyl (C=O) groups excluding carboxylic acids is 3. The molecule has 0 radical (unpaired) electrons. The molecule has 1 aromatic rings. The minimum absolute atomic E-state index is 0.0226. The number of likely N-dealkylation sites (tertiary alicyclic amines) is 1. The van der Waals surface area contributed by atoms with Gasteiger partial charge >= 0.3 is 5.97 Å². The maximum Gasteiger partial charge on any atom is 0.357 e. The Morgan fingerprint density at radius 1 is 1.22 bits per heavy atom. The molecule has 0 aliphatic carbocycles. The lowest BCUT2D eigenvalue weighted by atomic mass is 9.92. The van der Waals surface area contributed by atoms with Gasteiger partial charge in [-0.05, 0) is 44.7 Å². The number of aliphatic hydroxyl groups is 1. The summed E-state index contributed by atoms with van der Waals surface area (Å²) in [4.78, 5) is 47.6. The van der Waals surface area contributed by atoms with Crippen LogP contribution in [0.2, 0.25) is 0 Å². The van der Waals surface area contributed by atoms with Crippen LogP contribution in [0.5, 0.6) is 0 Å². The van der Waals surface area contributed by atoms with Crippen molar-refractivity contribution in [1.82, 2.24) is 20.1 Å². The first-order valence-corrected chi connectivity index (χ1v) is 16.0. The van der Waals surface area contributed by atoms with Crippen molar-refractivity contribution in [3.8, 4) is 0 Å². The Balaban J connectivity index is 2.32. The van der Waals surface area contributed by atoms with E-state index >= 15 is 0 Å². The van der Waals surface area contributed by atoms with Crippen LogP contribution in [-0.4, -0.2) is 89.8 Å². The lowest BCUT2D eigenvalue weighted by Crippen LogP contribution is -2.59. The Bertz CT molecular complexity index is 957. The highest BCUT2D eigenvalue weighted by molar-refractivity contribution is 7.09. The summed E-state index contributed by atoms with van der Waals surface area (Å²) in [6.45, 7) is 11.6. The first-order valence-electron chi connectivity index (χ1n) is 15.2. The molecule has 234 valence electrons. The van der Waals surface area contributed by atoms with E-state index in [4.69, 9.17) is 9.47 Å². The lowest BCUT2D eigenvalue weighted by Gasteiger charge is -2.39. The van der Waals surface area contributed by atoms with Crippen molar-refractivity contribution in [2.75, 3.05) is 34.0 Å². The Morgan fingerprint density at radius 3 is 2.56 bits per heavy atom. The van der Waals surface area contributed by atoms with Crippen molar-refractivity contribution in [2.24, 2.45) is 11.8 Å². The van der Waals surface area contributed by atoms with Gasteiger partial charge in [0, 0.05) is 24.4 Å². The quantitative estimate of drug-likeness (QED) is 0.154. The van der Waals surface area contributed by atoms with E-state index in [1.54, 1.807) is 10.3 Å². The van der Waals surface area contributed by atoms with E-state index in [0.717, 1.165) is 45.1 Å².